The summed E-state index contributed by atoms with van der Waals surface area (Å²) in [6.45, 7) is 10.7. The van der Waals surface area contributed by atoms with E-state index in [-0.39, 0.29) is 11.6 Å². The number of benzene rings is 1. The Morgan fingerprint density at radius 3 is 2.58 bits per heavy atom. The molecule has 1 N–H and O–H groups in total. The van der Waals surface area contributed by atoms with Gasteiger partial charge in [-0.1, -0.05) is 38.1 Å². The van der Waals surface area contributed by atoms with Gasteiger partial charge in [0.2, 0.25) is 0 Å². The lowest BCUT2D eigenvalue weighted by Crippen LogP contribution is -2.39. The molecule has 1 fully saturated rings. The van der Waals surface area contributed by atoms with Crippen molar-refractivity contribution in [1.82, 2.24) is 5.32 Å². The zero-order valence-corrected chi connectivity index (χ0v) is 12.7. The molecule has 1 aliphatic rings. The molecule has 0 aliphatic carbocycles. The number of hydrogen-bond donors (Lipinski definition) is 1. The third-order valence-corrected chi connectivity index (χ3v) is 3.81. The molecule has 2 heteroatoms. The monoisotopic (exact) mass is 261 g/mol. The van der Waals surface area contributed by atoms with Gasteiger partial charge in [0.05, 0.1) is 6.10 Å². The summed E-state index contributed by atoms with van der Waals surface area (Å²) in [5.74, 6) is 0.711. The van der Waals surface area contributed by atoms with Crippen molar-refractivity contribution >= 4 is 0 Å². The van der Waals surface area contributed by atoms with Gasteiger partial charge in [0.25, 0.3) is 0 Å². The third kappa shape index (κ3) is 4.32. The molecule has 19 heavy (non-hydrogen) atoms. The molecule has 1 aliphatic heterocycles. The van der Waals surface area contributed by atoms with E-state index in [1.807, 2.05) is 0 Å². The van der Waals surface area contributed by atoms with E-state index in [9.17, 15) is 0 Å². The maximum absolute atomic E-state index is 5.98. The fourth-order valence-corrected chi connectivity index (χ4v) is 2.53. The fourth-order valence-electron chi connectivity index (χ4n) is 2.53. The second kappa shape index (κ2) is 6.06. The molecule has 0 spiro atoms. The van der Waals surface area contributed by atoms with Gasteiger partial charge >= 0.3 is 0 Å². The van der Waals surface area contributed by atoms with Crippen molar-refractivity contribution in [3.05, 3.63) is 35.4 Å². The van der Waals surface area contributed by atoms with E-state index in [2.05, 4.69) is 57.3 Å². The molecule has 0 amide bonds. The van der Waals surface area contributed by atoms with Crippen LogP contribution in [-0.4, -0.2) is 18.7 Å². The van der Waals surface area contributed by atoms with Gasteiger partial charge in [-0.05, 0) is 43.7 Å². The molecule has 0 radical (unpaired) electrons. The van der Waals surface area contributed by atoms with E-state index in [1.165, 1.54) is 11.1 Å². The molecule has 0 saturated carbocycles. The Kier molecular flexibility index (Phi) is 4.64. The Labute approximate surface area is 117 Å². The predicted molar refractivity (Wildman–Crippen MR) is 80.4 cm³/mol. The summed E-state index contributed by atoms with van der Waals surface area (Å²) in [7, 11) is 0. The van der Waals surface area contributed by atoms with Crippen LogP contribution in [0.2, 0.25) is 0 Å². The highest BCUT2D eigenvalue weighted by Crippen LogP contribution is 2.23. The Morgan fingerprint density at radius 2 is 1.95 bits per heavy atom. The fraction of sp³-hybridized carbons (Fsp3) is 0.647. The van der Waals surface area contributed by atoms with Crippen molar-refractivity contribution in [1.29, 1.82) is 0 Å². The first-order chi connectivity index (χ1) is 8.96. The Morgan fingerprint density at radius 1 is 1.26 bits per heavy atom. The second-order valence-electron chi connectivity index (χ2n) is 6.71. The van der Waals surface area contributed by atoms with Crippen LogP contribution in [0.5, 0.6) is 0 Å². The first-order valence-electron chi connectivity index (χ1n) is 7.42. The van der Waals surface area contributed by atoms with Gasteiger partial charge in [0.15, 0.2) is 0 Å². The van der Waals surface area contributed by atoms with Crippen molar-refractivity contribution < 1.29 is 4.74 Å². The van der Waals surface area contributed by atoms with E-state index < -0.39 is 0 Å². The van der Waals surface area contributed by atoms with E-state index >= 15 is 0 Å². The van der Waals surface area contributed by atoms with Crippen LogP contribution in [0.1, 0.15) is 51.3 Å². The smallest absolute Gasteiger partial charge is 0.0949 e. The molecule has 1 saturated heterocycles. The average molecular weight is 261 g/mol. The Bertz CT molecular complexity index is 394. The summed E-state index contributed by atoms with van der Waals surface area (Å²) in [5, 5.41) is 3.59. The topological polar surface area (TPSA) is 21.3 Å². The lowest BCUT2D eigenvalue weighted by molar-refractivity contribution is 0.0656. The van der Waals surface area contributed by atoms with Crippen LogP contribution < -0.4 is 5.32 Å². The van der Waals surface area contributed by atoms with Gasteiger partial charge in [-0.2, -0.15) is 0 Å². The van der Waals surface area contributed by atoms with Crippen LogP contribution in [0.25, 0.3) is 0 Å². The Hall–Kier alpha value is -0.860. The van der Waals surface area contributed by atoms with Crippen LogP contribution in [0.15, 0.2) is 24.3 Å². The van der Waals surface area contributed by atoms with Gasteiger partial charge in [0, 0.05) is 18.7 Å². The number of nitrogens with one attached hydrogen (secondary N) is 1. The Balaban J connectivity index is 2.01. The van der Waals surface area contributed by atoms with Gasteiger partial charge < -0.3 is 10.1 Å². The zero-order chi connectivity index (χ0) is 13.9. The van der Waals surface area contributed by atoms with Gasteiger partial charge in [0.1, 0.15) is 0 Å². The summed E-state index contributed by atoms with van der Waals surface area (Å²) < 4.78 is 5.98. The van der Waals surface area contributed by atoms with E-state index in [1.54, 1.807) is 0 Å². The number of rotatable bonds is 3. The average Bonchev–Trinajstić information content (AvgIpc) is 2.51. The van der Waals surface area contributed by atoms with Gasteiger partial charge in [-0.15, -0.1) is 0 Å². The molecule has 1 unspecified atom stereocenters. The third-order valence-electron chi connectivity index (χ3n) is 3.81. The van der Waals surface area contributed by atoms with Crippen LogP contribution in [-0.2, 0) is 11.2 Å². The normalized spacial score (nSPS) is 23.3. The van der Waals surface area contributed by atoms with Crippen LogP contribution in [0.4, 0.5) is 0 Å². The SMILES string of the molecule is CC(C)Cc1ccc(C2CNC(C)(C)CCO2)cc1. The largest absolute Gasteiger partial charge is 0.372 e. The number of hydrogen-bond acceptors (Lipinski definition) is 2. The summed E-state index contributed by atoms with van der Waals surface area (Å²) in [6, 6.07) is 8.94. The molecule has 1 aromatic carbocycles. The van der Waals surface area contributed by atoms with E-state index in [0.29, 0.717) is 5.92 Å². The molecular weight excluding hydrogens is 234 g/mol. The summed E-state index contributed by atoms with van der Waals surface area (Å²) in [4.78, 5) is 0. The van der Waals surface area contributed by atoms with Crippen molar-refractivity contribution in [2.24, 2.45) is 5.92 Å². The molecular formula is C17H27NO. The highest BCUT2D eigenvalue weighted by Gasteiger charge is 2.24. The maximum atomic E-state index is 5.98. The summed E-state index contributed by atoms with van der Waals surface area (Å²) in [6.07, 6.45) is 2.40. The maximum Gasteiger partial charge on any atom is 0.0949 e. The molecule has 1 atom stereocenters. The molecule has 2 rings (SSSR count). The van der Waals surface area contributed by atoms with Gasteiger partial charge in [-0.3, -0.25) is 0 Å². The van der Waals surface area contributed by atoms with Gasteiger partial charge in [-0.25, -0.2) is 0 Å². The number of ether oxygens (including phenoxy) is 1. The van der Waals surface area contributed by atoms with Crippen LogP contribution >= 0.6 is 0 Å². The minimum atomic E-state index is 0.187. The lowest BCUT2D eigenvalue weighted by atomic mass is 9.99. The van der Waals surface area contributed by atoms with Crippen LogP contribution in [0.3, 0.4) is 0 Å². The molecule has 1 heterocycles. The summed E-state index contributed by atoms with van der Waals surface area (Å²) >= 11 is 0. The standard InChI is InChI=1S/C17H27NO/c1-13(2)11-14-5-7-15(8-6-14)16-12-18-17(3,4)9-10-19-16/h5-8,13,16,18H,9-12H2,1-4H3. The lowest BCUT2D eigenvalue weighted by Gasteiger charge is -2.23. The first-order valence-corrected chi connectivity index (χ1v) is 7.42. The van der Waals surface area contributed by atoms with Crippen molar-refractivity contribution in [3.63, 3.8) is 0 Å². The summed E-state index contributed by atoms with van der Waals surface area (Å²) in [5.41, 5.74) is 2.89. The zero-order valence-electron chi connectivity index (χ0n) is 12.7. The predicted octanol–water partition coefficient (Wildman–Crippen LogP) is 3.71. The highest BCUT2D eigenvalue weighted by molar-refractivity contribution is 5.25. The molecule has 106 valence electrons. The molecule has 0 aromatic heterocycles. The van der Waals surface area contributed by atoms with Crippen molar-refractivity contribution in [2.45, 2.75) is 52.2 Å². The second-order valence-corrected chi connectivity index (χ2v) is 6.71. The minimum Gasteiger partial charge on any atom is -0.372 e. The van der Waals surface area contributed by atoms with Crippen molar-refractivity contribution in [2.75, 3.05) is 13.2 Å². The molecule has 0 bridgehead atoms. The van der Waals surface area contributed by atoms with E-state index in [4.69, 9.17) is 4.74 Å². The van der Waals surface area contributed by atoms with E-state index in [0.717, 1.165) is 26.0 Å². The molecule has 1 aromatic rings. The highest BCUT2D eigenvalue weighted by atomic mass is 16.5. The minimum absolute atomic E-state index is 0.187. The van der Waals surface area contributed by atoms with Crippen LogP contribution in [0, 0.1) is 5.92 Å². The first kappa shape index (κ1) is 14.5. The van der Waals surface area contributed by atoms with Crippen molar-refractivity contribution in [3.8, 4) is 0 Å². The quantitative estimate of drug-likeness (QED) is 0.895. The molecule has 2 nitrogen and oxygen atoms in total.